The summed E-state index contributed by atoms with van der Waals surface area (Å²) in [4.78, 5) is 15.7. The SMILES string of the molecule is CCN(Cc1cccc(N)c1)C(C)C(=O)N(C)C. The smallest absolute Gasteiger partial charge is 0.239 e. The van der Waals surface area contributed by atoms with E-state index in [1.807, 2.05) is 31.2 Å². The van der Waals surface area contributed by atoms with Crippen LogP contribution in [0.1, 0.15) is 19.4 Å². The van der Waals surface area contributed by atoms with Crippen LogP contribution in [-0.2, 0) is 11.3 Å². The van der Waals surface area contributed by atoms with Crippen LogP contribution in [0, 0.1) is 0 Å². The summed E-state index contributed by atoms with van der Waals surface area (Å²) in [5, 5.41) is 0. The molecule has 1 rings (SSSR count). The van der Waals surface area contributed by atoms with E-state index >= 15 is 0 Å². The van der Waals surface area contributed by atoms with Crippen molar-refractivity contribution in [1.29, 1.82) is 0 Å². The van der Waals surface area contributed by atoms with Crippen molar-refractivity contribution in [3.05, 3.63) is 29.8 Å². The van der Waals surface area contributed by atoms with Crippen LogP contribution < -0.4 is 5.73 Å². The molecule has 0 aliphatic carbocycles. The van der Waals surface area contributed by atoms with Crippen LogP contribution in [0.4, 0.5) is 5.69 Å². The van der Waals surface area contributed by atoms with Crippen molar-refractivity contribution in [3.8, 4) is 0 Å². The highest BCUT2D eigenvalue weighted by Crippen LogP contribution is 2.12. The van der Waals surface area contributed by atoms with E-state index in [-0.39, 0.29) is 11.9 Å². The fourth-order valence-corrected chi connectivity index (χ4v) is 1.98. The summed E-state index contributed by atoms with van der Waals surface area (Å²) in [6, 6.07) is 7.68. The average Bonchev–Trinajstić information content (AvgIpc) is 2.34. The molecule has 4 heteroatoms. The first-order valence-electron chi connectivity index (χ1n) is 6.25. The van der Waals surface area contributed by atoms with E-state index in [1.165, 1.54) is 0 Å². The molecule has 0 heterocycles. The molecule has 1 aromatic rings. The Morgan fingerprint density at radius 1 is 1.39 bits per heavy atom. The Kier molecular flexibility index (Phi) is 5.16. The van der Waals surface area contributed by atoms with Gasteiger partial charge in [-0.25, -0.2) is 0 Å². The van der Waals surface area contributed by atoms with Crippen LogP contribution in [0.3, 0.4) is 0 Å². The lowest BCUT2D eigenvalue weighted by Gasteiger charge is -2.29. The summed E-state index contributed by atoms with van der Waals surface area (Å²) in [7, 11) is 3.57. The van der Waals surface area contributed by atoms with Crippen molar-refractivity contribution in [2.24, 2.45) is 0 Å². The maximum absolute atomic E-state index is 12.0. The van der Waals surface area contributed by atoms with Crippen LogP contribution in [-0.4, -0.2) is 42.4 Å². The number of nitrogen functional groups attached to an aromatic ring is 1. The molecule has 0 radical (unpaired) electrons. The molecular formula is C14H23N3O. The molecule has 1 amide bonds. The van der Waals surface area contributed by atoms with Gasteiger partial charge in [0.15, 0.2) is 0 Å². The lowest BCUT2D eigenvalue weighted by atomic mass is 10.1. The fourth-order valence-electron chi connectivity index (χ4n) is 1.98. The largest absolute Gasteiger partial charge is 0.399 e. The lowest BCUT2D eigenvalue weighted by Crippen LogP contribution is -2.44. The van der Waals surface area contributed by atoms with E-state index in [0.717, 1.165) is 24.3 Å². The number of carbonyl (C=O) groups excluding carboxylic acids is 1. The second kappa shape index (κ2) is 6.40. The molecule has 0 aliphatic rings. The molecule has 4 nitrogen and oxygen atoms in total. The minimum Gasteiger partial charge on any atom is -0.399 e. The van der Waals surface area contributed by atoms with Gasteiger partial charge in [0, 0.05) is 26.3 Å². The molecule has 0 aromatic heterocycles. The molecule has 0 saturated carbocycles. The van der Waals surface area contributed by atoms with Crippen LogP contribution in [0.2, 0.25) is 0 Å². The predicted octanol–water partition coefficient (Wildman–Crippen LogP) is 1.57. The Labute approximate surface area is 109 Å². The van der Waals surface area contributed by atoms with Crippen LogP contribution >= 0.6 is 0 Å². The van der Waals surface area contributed by atoms with Gasteiger partial charge < -0.3 is 10.6 Å². The third-order valence-electron chi connectivity index (χ3n) is 3.09. The predicted molar refractivity (Wildman–Crippen MR) is 75.1 cm³/mol. The van der Waals surface area contributed by atoms with Gasteiger partial charge in [-0.05, 0) is 31.2 Å². The third kappa shape index (κ3) is 3.74. The summed E-state index contributed by atoms with van der Waals surface area (Å²) in [6.07, 6.45) is 0. The first-order chi connectivity index (χ1) is 8.45. The van der Waals surface area contributed by atoms with Gasteiger partial charge in [-0.1, -0.05) is 19.1 Å². The molecule has 1 aromatic carbocycles. The average molecular weight is 249 g/mol. The Morgan fingerprint density at radius 2 is 2.06 bits per heavy atom. The van der Waals surface area contributed by atoms with E-state index in [2.05, 4.69) is 11.8 Å². The summed E-state index contributed by atoms with van der Waals surface area (Å²) in [6.45, 7) is 5.57. The second-order valence-corrected chi connectivity index (χ2v) is 4.72. The van der Waals surface area contributed by atoms with Gasteiger partial charge >= 0.3 is 0 Å². The van der Waals surface area contributed by atoms with E-state index in [4.69, 9.17) is 5.73 Å². The van der Waals surface area contributed by atoms with Gasteiger partial charge in [-0.3, -0.25) is 9.69 Å². The first kappa shape index (κ1) is 14.5. The van der Waals surface area contributed by atoms with Crippen molar-refractivity contribution >= 4 is 11.6 Å². The molecule has 0 bridgehead atoms. The summed E-state index contributed by atoms with van der Waals surface area (Å²) >= 11 is 0. The van der Waals surface area contributed by atoms with Crippen molar-refractivity contribution in [2.45, 2.75) is 26.4 Å². The maximum atomic E-state index is 12.0. The van der Waals surface area contributed by atoms with Crippen LogP contribution in [0.5, 0.6) is 0 Å². The monoisotopic (exact) mass is 249 g/mol. The lowest BCUT2D eigenvalue weighted by molar-refractivity contribution is -0.134. The van der Waals surface area contributed by atoms with Crippen molar-refractivity contribution in [3.63, 3.8) is 0 Å². The van der Waals surface area contributed by atoms with Gasteiger partial charge in [0.25, 0.3) is 0 Å². The highest BCUT2D eigenvalue weighted by atomic mass is 16.2. The number of amides is 1. The number of anilines is 1. The van der Waals surface area contributed by atoms with Crippen molar-refractivity contribution in [2.75, 3.05) is 26.4 Å². The van der Waals surface area contributed by atoms with Gasteiger partial charge in [0.2, 0.25) is 5.91 Å². The Balaban J connectivity index is 2.76. The number of rotatable bonds is 5. The highest BCUT2D eigenvalue weighted by Gasteiger charge is 2.21. The zero-order valence-corrected chi connectivity index (χ0v) is 11.7. The molecule has 0 fully saturated rings. The molecule has 0 spiro atoms. The van der Waals surface area contributed by atoms with Crippen molar-refractivity contribution in [1.82, 2.24) is 9.80 Å². The van der Waals surface area contributed by atoms with Gasteiger partial charge in [-0.2, -0.15) is 0 Å². The number of hydrogen-bond acceptors (Lipinski definition) is 3. The van der Waals surface area contributed by atoms with E-state index in [1.54, 1.807) is 19.0 Å². The standard InChI is InChI=1S/C14H23N3O/c1-5-17(11(2)14(18)16(3)4)10-12-7-6-8-13(15)9-12/h6-9,11H,5,10,15H2,1-4H3. The Hall–Kier alpha value is -1.55. The molecule has 1 atom stereocenters. The normalized spacial score (nSPS) is 12.5. The molecule has 0 saturated heterocycles. The zero-order chi connectivity index (χ0) is 13.7. The molecule has 18 heavy (non-hydrogen) atoms. The number of nitrogens with two attached hydrogens (primary N) is 1. The van der Waals surface area contributed by atoms with E-state index in [9.17, 15) is 4.79 Å². The fraction of sp³-hybridized carbons (Fsp3) is 0.500. The van der Waals surface area contributed by atoms with Crippen LogP contribution in [0.15, 0.2) is 24.3 Å². The van der Waals surface area contributed by atoms with Gasteiger partial charge in [0.1, 0.15) is 0 Å². The Morgan fingerprint density at radius 3 is 2.56 bits per heavy atom. The number of hydrogen-bond donors (Lipinski definition) is 1. The third-order valence-corrected chi connectivity index (χ3v) is 3.09. The molecule has 100 valence electrons. The topological polar surface area (TPSA) is 49.6 Å². The second-order valence-electron chi connectivity index (χ2n) is 4.72. The van der Waals surface area contributed by atoms with E-state index < -0.39 is 0 Å². The molecule has 1 unspecified atom stereocenters. The quantitative estimate of drug-likeness (QED) is 0.806. The number of carbonyl (C=O) groups is 1. The van der Waals surface area contributed by atoms with E-state index in [0.29, 0.717) is 0 Å². The zero-order valence-electron chi connectivity index (χ0n) is 11.7. The minimum atomic E-state index is -0.119. The van der Waals surface area contributed by atoms with Crippen LogP contribution in [0.25, 0.3) is 0 Å². The number of nitrogens with zero attached hydrogens (tertiary/aromatic N) is 2. The summed E-state index contributed by atoms with van der Waals surface area (Å²) in [5.74, 6) is 0.126. The van der Waals surface area contributed by atoms with Gasteiger partial charge in [-0.15, -0.1) is 0 Å². The van der Waals surface area contributed by atoms with Gasteiger partial charge in [0.05, 0.1) is 6.04 Å². The molecule has 2 N–H and O–H groups in total. The summed E-state index contributed by atoms with van der Waals surface area (Å²) in [5.41, 5.74) is 7.66. The molecule has 0 aliphatic heterocycles. The number of likely N-dealkylation sites (N-methyl/N-ethyl adjacent to an activating group) is 2. The minimum absolute atomic E-state index is 0.119. The molecular weight excluding hydrogens is 226 g/mol. The first-order valence-corrected chi connectivity index (χ1v) is 6.25. The summed E-state index contributed by atoms with van der Waals surface area (Å²) < 4.78 is 0. The highest BCUT2D eigenvalue weighted by molar-refractivity contribution is 5.80. The maximum Gasteiger partial charge on any atom is 0.239 e. The van der Waals surface area contributed by atoms with Crippen molar-refractivity contribution < 1.29 is 4.79 Å². The number of benzene rings is 1. The Bertz CT molecular complexity index is 404.